The van der Waals surface area contributed by atoms with Gasteiger partial charge in [-0.2, -0.15) is 0 Å². The maximum absolute atomic E-state index is 12.2. The van der Waals surface area contributed by atoms with Crippen molar-refractivity contribution in [2.45, 2.75) is 6.92 Å². The predicted molar refractivity (Wildman–Crippen MR) is 82.1 cm³/mol. The molecule has 0 unspecified atom stereocenters. The van der Waals surface area contributed by atoms with Crippen molar-refractivity contribution in [1.82, 2.24) is 14.9 Å². The van der Waals surface area contributed by atoms with E-state index in [9.17, 15) is 4.79 Å². The summed E-state index contributed by atoms with van der Waals surface area (Å²) in [6.45, 7) is 2.48. The molecule has 2 aromatic heterocycles. The minimum Gasteiger partial charge on any atom is -0.448 e. The van der Waals surface area contributed by atoms with E-state index in [1.807, 2.05) is 19.1 Å². The standard InChI is InChI=1S/C14H15N3O2S/c1-3-17(2)14(18)12(19-9-20)7-10-8-16-13-11(10)5-4-6-15-13/h4-9H,3H2,1-2H3,(H,15,16)/b12-7-. The van der Waals surface area contributed by atoms with Crippen molar-refractivity contribution in [3.05, 3.63) is 35.8 Å². The Labute approximate surface area is 122 Å². The molecule has 0 spiro atoms. The highest BCUT2D eigenvalue weighted by Gasteiger charge is 2.15. The van der Waals surface area contributed by atoms with Crippen molar-refractivity contribution in [2.24, 2.45) is 0 Å². The summed E-state index contributed by atoms with van der Waals surface area (Å²) in [5.74, 6) is -0.0269. The highest BCUT2D eigenvalue weighted by atomic mass is 32.1. The molecule has 104 valence electrons. The zero-order valence-corrected chi connectivity index (χ0v) is 12.1. The van der Waals surface area contributed by atoms with E-state index in [0.29, 0.717) is 6.54 Å². The van der Waals surface area contributed by atoms with Crippen LogP contribution in [0.5, 0.6) is 0 Å². The van der Waals surface area contributed by atoms with Crippen molar-refractivity contribution in [1.29, 1.82) is 0 Å². The highest BCUT2D eigenvalue weighted by molar-refractivity contribution is 7.78. The Bertz CT molecular complexity index is 663. The van der Waals surface area contributed by atoms with Crippen molar-refractivity contribution < 1.29 is 9.53 Å². The topological polar surface area (TPSA) is 58.2 Å². The number of pyridine rings is 1. The lowest BCUT2D eigenvalue weighted by Gasteiger charge is -2.15. The fourth-order valence-electron chi connectivity index (χ4n) is 1.77. The summed E-state index contributed by atoms with van der Waals surface area (Å²) < 4.78 is 5.17. The van der Waals surface area contributed by atoms with Crippen molar-refractivity contribution >= 4 is 40.8 Å². The van der Waals surface area contributed by atoms with Gasteiger partial charge in [0, 0.05) is 36.9 Å². The number of fused-ring (bicyclic) bond motifs is 1. The van der Waals surface area contributed by atoms with Crippen LogP contribution in [0.1, 0.15) is 12.5 Å². The van der Waals surface area contributed by atoms with Gasteiger partial charge in [-0.1, -0.05) is 0 Å². The molecular weight excluding hydrogens is 274 g/mol. The van der Waals surface area contributed by atoms with E-state index in [4.69, 9.17) is 4.74 Å². The van der Waals surface area contributed by atoms with Gasteiger partial charge in [0.1, 0.15) is 5.65 Å². The van der Waals surface area contributed by atoms with E-state index in [1.54, 1.807) is 30.4 Å². The van der Waals surface area contributed by atoms with E-state index in [2.05, 4.69) is 22.2 Å². The van der Waals surface area contributed by atoms with Gasteiger partial charge in [-0.3, -0.25) is 4.79 Å². The fourth-order valence-corrected chi connectivity index (χ4v) is 1.87. The van der Waals surface area contributed by atoms with Crippen LogP contribution in [0.15, 0.2) is 30.3 Å². The van der Waals surface area contributed by atoms with Crippen LogP contribution >= 0.6 is 12.2 Å². The molecule has 1 N–H and O–H groups in total. The Kier molecular flexibility index (Phi) is 4.47. The number of aromatic amines is 1. The number of likely N-dealkylation sites (N-methyl/N-ethyl adjacent to an activating group) is 1. The molecule has 20 heavy (non-hydrogen) atoms. The molecule has 0 saturated heterocycles. The first-order valence-electron chi connectivity index (χ1n) is 6.17. The summed E-state index contributed by atoms with van der Waals surface area (Å²) in [5.41, 5.74) is 2.68. The zero-order chi connectivity index (χ0) is 14.5. The second-order valence-corrected chi connectivity index (χ2v) is 4.38. The zero-order valence-electron chi connectivity index (χ0n) is 11.3. The number of nitrogens with one attached hydrogen (secondary N) is 1. The molecule has 2 heterocycles. The van der Waals surface area contributed by atoms with Gasteiger partial charge in [-0.25, -0.2) is 4.98 Å². The van der Waals surface area contributed by atoms with Crippen LogP contribution in [0.4, 0.5) is 0 Å². The summed E-state index contributed by atoms with van der Waals surface area (Å²) in [7, 11) is 1.71. The van der Waals surface area contributed by atoms with Crippen LogP contribution in [0.25, 0.3) is 17.1 Å². The van der Waals surface area contributed by atoms with E-state index in [1.165, 1.54) is 0 Å². The lowest BCUT2D eigenvalue weighted by atomic mass is 10.2. The van der Waals surface area contributed by atoms with E-state index in [0.717, 1.165) is 22.2 Å². The summed E-state index contributed by atoms with van der Waals surface area (Å²) in [6, 6.07) is 3.76. The number of ether oxygens (including phenoxy) is 1. The van der Waals surface area contributed by atoms with Gasteiger partial charge in [-0.15, -0.1) is 0 Å². The van der Waals surface area contributed by atoms with Crippen LogP contribution in [0.3, 0.4) is 0 Å². The molecule has 0 radical (unpaired) electrons. The Morgan fingerprint density at radius 2 is 2.40 bits per heavy atom. The Balaban J connectivity index is 2.42. The summed E-state index contributed by atoms with van der Waals surface area (Å²) in [5, 5.41) is 0.921. The maximum atomic E-state index is 12.2. The maximum Gasteiger partial charge on any atom is 0.289 e. The third-order valence-electron chi connectivity index (χ3n) is 2.98. The number of H-pyrrole nitrogens is 1. The predicted octanol–water partition coefficient (Wildman–Crippen LogP) is 2.36. The van der Waals surface area contributed by atoms with E-state index < -0.39 is 0 Å². The lowest BCUT2D eigenvalue weighted by molar-refractivity contribution is -0.127. The van der Waals surface area contributed by atoms with Gasteiger partial charge in [0.05, 0.1) is 0 Å². The number of hydrogen-bond acceptors (Lipinski definition) is 4. The van der Waals surface area contributed by atoms with Gasteiger partial charge in [0.25, 0.3) is 5.91 Å². The minimum absolute atomic E-state index is 0.189. The third-order valence-corrected chi connectivity index (χ3v) is 3.07. The molecule has 0 saturated carbocycles. The fraction of sp³-hybridized carbons (Fsp3) is 0.214. The second kappa shape index (κ2) is 6.29. The number of thiocarbonyl (C=S) groups is 1. The number of aromatic nitrogens is 2. The second-order valence-electron chi connectivity index (χ2n) is 4.19. The minimum atomic E-state index is -0.216. The molecule has 0 aliphatic heterocycles. The number of amides is 1. The summed E-state index contributed by atoms with van der Waals surface area (Å²) in [6.07, 6.45) is 5.15. The normalized spacial score (nSPS) is 11.4. The summed E-state index contributed by atoms with van der Waals surface area (Å²) >= 11 is 4.68. The first-order chi connectivity index (χ1) is 9.67. The number of carbonyl (C=O) groups is 1. The Morgan fingerprint density at radius 3 is 3.10 bits per heavy atom. The molecule has 2 aromatic rings. The van der Waals surface area contributed by atoms with E-state index in [-0.39, 0.29) is 11.7 Å². The largest absolute Gasteiger partial charge is 0.448 e. The average molecular weight is 289 g/mol. The van der Waals surface area contributed by atoms with Crippen LogP contribution in [0, 0.1) is 0 Å². The Morgan fingerprint density at radius 1 is 1.60 bits per heavy atom. The molecule has 0 fully saturated rings. The lowest BCUT2D eigenvalue weighted by Crippen LogP contribution is -2.28. The Hall–Kier alpha value is -2.21. The SMILES string of the molecule is CCN(C)C(=O)/C(=C/c1c[nH]c2ncccc12)OC=S. The van der Waals surface area contributed by atoms with Crippen LogP contribution < -0.4 is 0 Å². The molecule has 0 aliphatic rings. The average Bonchev–Trinajstić information content (AvgIpc) is 2.88. The van der Waals surface area contributed by atoms with Gasteiger partial charge in [0.15, 0.2) is 11.3 Å². The molecule has 5 nitrogen and oxygen atoms in total. The monoisotopic (exact) mass is 289 g/mol. The number of nitrogens with zero attached hydrogens (tertiary/aromatic N) is 2. The van der Waals surface area contributed by atoms with Crippen molar-refractivity contribution in [2.75, 3.05) is 13.6 Å². The first-order valence-corrected chi connectivity index (χ1v) is 6.64. The number of hydrogen-bond donors (Lipinski definition) is 1. The van der Waals surface area contributed by atoms with Crippen LogP contribution in [-0.4, -0.2) is 39.9 Å². The van der Waals surface area contributed by atoms with Gasteiger partial charge < -0.3 is 14.6 Å². The molecule has 6 heteroatoms. The molecule has 2 rings (SSSR count). The van der Waals surface area contributed by atoms with E-state index >= 15 is 0 Å². The third kappa shape index (κ3) is 2.85. The molecule has 0 aliphatic carbocycles. The summed E-state index contributed by atoms with van der Waals surface area (Å²) in [4.78, 5) is 21.0. The number of rotatable bonds is 5. The highest BCUT2D eigenvalue weighted by Crippen LogP contribution is 2.19. The van der Waals surface area contributed by atoms with Crippen molar-refractivity contribution in [3.63, 3.8) is 0 Å². The smallest absolute Gasteiger partial charge is 0.289 e. The molecule has 1 amide bonds. The van der Waals surface area contributed by atoms with Gasteiger partial charge in [0.2, 0.25) is 0 Å². The van der Waals surface area contributed by atoms with Gasteiger partial charge in [-0.05, 0) is 37.4 Å². The quantitative estimate of drug-likeness (QED) is 0.521. The van der Waals surface area contributed by atoms with Gasteiger partial charge >= 0.3 is 0 Å². The van der Waals surface area contributed by atoms with Crippen LogP contribution in [-0.2, 0) is 9.53 Å². The first kappa shape index (κ1) is 14.2. The molecular formula is C14H15N3O2S. The molecule has 0 atom stereocenters. The number of carbonyl (C=O) groups excluding carboxylic acids is 1. The molecule has 0 bridgehead atoms. The van der Waals surface area contributed by atoms with Crippen molar-refractivity contribution in [3.8, 4) is 0 Å². The van der Waals surface area contributed by atoms with Crippen LogP contribution in [0.2, 0.25) is 0 Å². The molecule has 0 aromatic carbocycles.